The highest BCUT2D eigenvalue weighted by Gasteiger charge is 2.34. The van der Waals surface area contributed by atoms with Crippen LogP contribution in [0.1, 0.15) is 23.2 Å². The lowest BCUT2D eigenvalue weighted by atomic mass is 9.84. The van der Waals surface area contributed by atoms with Gasteiger partial charge >= 0.3 is 0 Å². The molecule has 1 atom stereocenters. The summed E-state index contributed by atoms with van der Waals surface area (Å²) in [6, 6.07) is 11.1. The van der Waals surface area contributed by atoms with Crippen molar-refractivity contribution in [1.29, 1.82) is 0 Å². The lowest BCUT2D eigenvalue weighted by Crippen LogP contribution is -2.57. The van der Waals surface area contributed by atoms with Crippen molar-refractivity contribution in [2.45, 2.75) is 23.8 Å². The van der Waals surface area contributed by atoms with E-state index in [0.29, 0.717) is 11.5 Å². The Morgan fingerprint density at radius 3 is 2.46 bits per heavy atom. The maximum absolute atomic E-state index is 12.7. The van der Waals surface area contributed by atoms with Gasteiger partial charge in [-0.3, -0.25) is 14.2 Å². The minimum atomic E-state index is -0.138. The van der Waals surface area contributed by atoms with Gasteiger partial charge in [0.1, 0.15) is 0 Å². The Hall–Kier alpha value is -2.05. The number of hydrogen-bond donors (Lipinski definition) is 1. The number of hydrogen-bond acceptors (Lipinski definition) is 4. The monoisotopic (exact) mass is 369 g/mol. The molecule has 2 aromatic rings. The van der Waals surface area contributed by atoms with Crippen LogP contribution in [0, 0.1) is 5.92 Å². The second-order valence-electron chi connectivity index (χ2n) is 7.04. The number of thioether (sulfide) groups is 1. The quantitative estimate of drug-likeness (QED) is 0.841. The van der Waals surface area contributed by atoms with Crippen LogP contribution >= 0.6 is 11.8 Å². The number of pyridine rings is 1. The fourth-order valence-electron chi connectivity index (χ4n) is 3.95. The number of aromatic nitrogens is 1. The molecule has 4 heterocycles. The molecule has 1 unspecified atom stereocenters. The van der Waals surface area contributed by atoms with Gasteiger partial charge in [0, 0.05) is 35.4 Å². The topological polar surface area (TPSA) is 54.3 Å². The maximum atomic E-state index is 12.7. The Morgan fingerprint density at radius 1 is 1.12 bits per heavy atom. The summed E-state index contributed by atoms with van der Waals surface area (Å²) in [7, 11) is 0. The highest BCUT2D eigenvalue weighted by atomic mass is 32.2. The molecule has 3 aliphatic rings. The highest BCUT2D eigenvalue weighted by Crippen LogP contribution is 2.27. The molecule has 26 heavy (non-hydrogen) atoms. The Bertz CT molecular complexity index is 854. The van der Waals surface area contributed by atoms with E-state index in [9.17, 15) is 9.59 Å². The molecule has 5 nitrogen and oxygen atoms in total. The molecule has 2 bridgehead atoms. The van der Waals surface area contributed by atoms with Crippen molar-refractivity contribution in [2.75, 3.05) is 25.9 Å². The van der Waals surface area contributed by atoms with Crippen LogP contribution in [0.15, 0.2) is 52.3 Å². The SMILES string of the molecule is CSc1ccc(-n2cc(C(=O)NC3CN4CCC3CC4)ccc2=O)cc1. The molecular weight excluding hydrogens is 346 g/mol. The van der Waals surface area contributed by atoms with Crippen LogP contribution in [0.5, 0.6) is 0 Å². The summed E-state index contributed by atoms with van der Waals surface area (Å²) < 4.78 is 1.54. The number of carbonyl (C=O) groups is 1. The smallest absolute Gasteiger partial charge is 0.255 e. The van der Waals surface area contributed by atoms with Crippen molar-refractivity contribution in [3.05, 3.63) is 58.5 Å². The van der Waals surface area contributed by atoms with E-state index in [4.69, 9.17) is 0 Å². The third-order valence-electron chi connectivity index (χ3n) is 5.50. The molecule has 136 valence electrons. The lowest BCUT2D eigenvalue weighted by Gasteiger charge is -2.44. The van der Waals surface area contributed by atoms with Crippen LogP contribution < -0.4 is 10.9 Å². The summed E-state index contributed by atoms with van der Waals surface area (Å²) in [5, 5.41) is 3.18. The van der Waals surface area contributed by atoms with Crippen molar-refractivity contribution in [3.8, 4) is 5.69 Å². The maximum Gasteiger partial charge on any atom is 0.255 e. The van der Waals surface area contributed by atoms with Crippen molar-refractivity contribution in [2.24, 2.45) is 5.92 Å². The van der Waals surface area contributed by atoms with Crippen LogP contribution in [0.4, 0.5) is 0 Å². The molecule has 6 heteroatoms. The molecule has 1 aromatic heterocycles. The molecule has 0 aliphatic carbocycles. The van der Waals surface area contributed by atoms with Gasteiger partial charge in [-0.15, -0.1) is 11.8 Å². The number of carbonyl (C=O) groups excluding carboxylic acids is 1. The van der Waals surface area contributed by atoms with Gasteiger partial charge in [0.15, 0.2) is 0 Å². The van der Waals surface area contributed by atoms with Gasteiger partial charge in [-0.2, -0.15) is 0 Å². The first-order chi connectivity index (χ1) is 12.6. The van der Waals surface area contributed by atoms with Gasteiger partial charge in [-0.25, -0.2) is 0 Å². The van der Waals surface area contributed by atoms with E-state index in [1.807, 2.05) is 30.5 Å². The van der Waals surface area contributed by atoms with Crippen LogP contribution in [-0.4, -0.2) is 47.3 Å². The molecule has 0 saturated carbocycles. The number of rotatable bonds is 4. The largest absolute Gasteiger partial charge is 0.348 e. The summed E-state index contributed by atoms with van der Waals surface area (Å²) in [5.74, 6) is 0.479. The number of nitrogens with one attached hydrogen (secondary N) is 1. The third kappa shape index (κ3) is 3.44. The fraction of sp³-hybridized carbons (Fsp3) is 0.400. The van der Waals surface area contributed by atoms with Crippen molar-refractivity contribution < 1.29 is 4.79 Å². The van der Waals surface area contributed by atoms with Crippen molar-refractivity contribution >= 4 is 17.7 Å². The number of piperidine rings is 3. The van der Waals surface area contributed by atoms with Gasteiger partial charge < -0.3 is 10.2 Å². The van der Waals surface area contributed by atoms with Gasteiger partial charge in [0.05, 0.1) is 5.56 Å². The number of benzene rings is 1. The summed E-state index contributed by atoms with van der Waals surface area (Å²) in [4.78, 5) is 28.6. The van der Waals surface area contributed by atoms with E-state index < -0.39 is 0 Å². The van der Waals surface area contributed by atoms with E-state index in [0.717, 1.165) is 43.1 Å². The van der Waals surface area contributed by atoms with Crippen LogP contribution in [0.25, 0.3) is 5.69 Å². The molecule has 0 radical (unpaired) electrons. The molecule has 5 rings (SSSR count). The highest BCUT2D eigenvalue weighted by molar-refractivity contribution is 7.98. The Morgan fingerprint density at radius 2 is 1.85 bits per heavy atom. The first-order valence-corrected chi connectivity index (χ1v) is 10.3. The van der Waals surface area contributed by atoms with Crippen LogP contribution in [0.2, 0.25) is 0 Å². The third-order valence-corrected chi connectivity index (χ3v) is 6.24. The molecular formula is C20H23N3O2S. The number of amides is 1. The Balaban J connectivity index is 1.55. The van der Waals surface area contributed by atoms with Gasteiger partial charge in [0.25, 0.3) is 11.5 Å². The van der Waals surface area contributed by atoms with Crippen molar-refractivity contribution in [1.82, 2.24) is 14.8 Å². The first-order valence-electron chi connectivity index (χ1n) is 9.04. The molecule has 1 amide bonds. The predicted octanol–water partition coefficient (Wildman–Crippen LogP) is 2.38. The van der Waals surface area contributed by atoms with E-state index in [1.54, 1.807) is 24.0 Å². The van der Waals surface area contributed by atoms with Crippen LogP contribution in [0.3, 0.4) is 0 Å². The Labute approximate surface area is 157 Å². The normalized spacial score (nSPS) is 24.4. The van der Waals surface area contributed by atoms with Gasteiger partial charge in [0.2, 0.25) is 0 Å². The molecule has 3 fully saturated rings. The zero-order chi connectivity index (χ0) is 18.1. The fourth-order valence-corrected chi connectivity index (χ4v) is 4.35. The second-order valence-corrected chi connectivity index (χ2v) is 7.92. The minimum Gasteiger partial charge on any atom is -0.348 e. The molecule has 0 spiro atoms. The molecule has 3 aliphatic heterocycles. The second kappa shape index (κ2) is 7.29. The average molecular weight is 369 g/mol. The van der Waals surface area contributed by atoms with E-state index in [-0.39, 0.29) is 17.5 Å². The zero-order valence-electron chi connectivity index (χ0n) is 14.9. The average Bonchev–Trinajstić information content (AvgIpc) is 2.69. The lowest BCUT2D eigenvalue weighted by molar-refractivity contribution is 0.0620. The summed E-state index contributed by atoms with van der Waals surface area (Å²) in [5.41, 5.74) is 1.15. The zero-order valence-corrected chi connectivity index (χ0v) is 15.7. The first kappa shape index (κ1) is 17.4. The van der Waals surface area contributed by atoms with Crippen LogP contribution in [-0.2, 0) is 0 Å². The van der Waals surface area contributed by atoms with Crippen molar-refractivity contribution in [3.63, 3.8) is 0 Å². The van der Waals surface area contributed by atoms with E-state index in [1.165, 1.54) is 10.6 Å². The molecule has 1 N–H and O–H groups in total. The van der Waals surface area contributed by atoms with Gasteiger partial charge in [-0.1, -0.05) is 0 Å². The number of nitrogens with zero attached hydrogens (tertiary/aromatic N) is 2. The minimum absolute atomic E-state index is 0.0989. The Kier molecular flexibility index (Phi) is 4.87. The molecule has 3 saturated heterocycles. The summed E-state index contributed by atoms with van der Waals surface area (Å²) in [6.45, 7) is 3.23. The van der Waals surface area contributed by atoms with Gasteiger partial charge in [-0.05, 0) is 68.4 Å². The number of fused-ring (bicyclic) bond motifs is 3. The predicted molar refractivity (Wildman–Crippen MR) is 104 cm³/mol. The van der Waals surface area contributed by atoms with E-state index in [2.05, 4.69) is 10.2 Å². The summed E-state index contributed by atoms with van der Waals surface area (Å²) >= 11 is 1.65. The standard InChI is InChI=1S/C20H23N3O2S/c1-26-17-5-3-16(4-6-17)23-12-15(2-7-19(23)24)20(25)21-18-13-22-10-8-14(18)9-11-22/h2-7,12,14,18H,8-11,13H2,1H3,(H,21,25). The molecule has 1 aromatic carbocycles. The van der Waals surface area contributed by atoms with E-state index >= 15 is 0 Å². The summed E-state index contributed by atoms with van der Waals surface area (Å²) in [6.07, 6.45) is 5.98.